The van der Waals surface area contributed by atoms with Gasteiger partial charge < -0.3 is 19.4 Å². The normalized spacial score (nSPS) is 28.5. The van der Waals surface area contributed by atoms with Crippen LogP contribution in [0, 0.1) is 5.92 Å². The highest BCUT2D eigenvalue weighted by Crippen LogP contribution is 2.34. The van der Waals surface area contributed by atoms with Gasteiger partial charge in [0, 0.05) is 41.7 Å². The van der Waals surface area contributed by atoms with Crippen molar-refractivity contribution in [1.82, 2.24) is 10.2 Å². The highest BCUT2D eigenvalue weighted by atomic mass is 32.2. The molecule has 0 spiro atoms. The van der Waals surface area contributed by atoms with Crippen LogP contribution in [0.15, 0.2) is 51.0 Å². The molecule has 30 heavy (non-hydrogen) atoms. The van der Waals surface area contributed by atoms with E-state index >= 15 is 0 Å². The predicted octanol–water partition coefficient (Wildman–Crippen LogP) is 3.48. The van der Waals surface area contributed by atoms with Crippen molar-refractivity contribution in [2.24, 2.45) is 5.92 Å². The number of morpholine rings is 1. The molecule has 1 amide bonds. The van der Waals surface area contributed by atoms with E-state index in [0.29, 0.717) is 12.0 Å². The standard InChI is InChI=1S/C23H29N3O3S/c1-16-22(17-6-8-25(16)9-7-17)24-23(27)18-2-4-20(5-3-18)30-21-14-19(15-29-21)26-10-12-28-13-11-26/h2-5,14-17,22H,6-13H2,1H3,(H,24,27)/t16-,22+/m1/s1. The summed E-state index contributed by atoms with van der Waals surface area (Å²) in [5, 5.41) is 4.16. The first-order valence-corrected chi connectivity index (χ1v) is 11.7. The van der Waals surface area contributed by atoms with Crippen LogP contribution in [-0.2, 0) is 4.74 Å². The van der Waals surface area contributed by atoms with Gasteiger partial charge in [-0.15, -0.1) is 0 Å². The molecule has 0 saturated carbocycles. The molecule has 4 fully saturated rings. The van der Waals surface area contributed by atoms with Crippen LogP contribution in [0.25, 0.3) is 0 Å². The smallest absolute Gasteiger partial charge is 0.251 e. The van der Waals surface area contributed by atoms with Crippen molar-refractivity contribution in [1.29, 1.82) is 0 Å². The fourth-order valence-electron chi connectivity index (χ4n) is 4.92. The minimum Gasteiger partial charge on any atom is -0.456 e. The number of carbonyl (C=O) groups is 1. The van der Waals surface area contributed by atoms with Crippen molar-refractivity contribution in [3.05, 3.63) is 42.2 Å². The summed E-state index contributed by atoms with van der Waals surface area (Å²) in [5.74, 6) is 0.646. The second kappa shape index (κ2) is 8.65. The number of nitrogens with zero attached hydrogens (tertiary/aromatic N) is 2. The Labute approximate surface area is 181 Å². The monoisotopic (exact) mass is 427 g/mol. The first-order chi connectivity index (χ1) is 14.7. The summed E-state index contributed by atoms with van der Waals surface area (Å²) >= 11 is 1.58. The quantitative estimate of drug-likeness (QED) is 0.789. The molecule has 4 aliphatic heterocycles. The zero-order valence-corrected chi connectivity index (χ0v) is 18.2. The highest BCUT2D eigenvalue weighted by molar-refractivity contribution is 7.99. The van der Waals surface area contributed by atoms with Crippen LogP contribution in [0.1, 0.15) is 30.1 Å². The van der Waals surface area contributed by atoms with Gasteiger partial charge in [0.1, 0.15) is 6.26 Å². The summed E-state index contributed by atoms with van der Waals surface area (Å²) < 4.78 is 11.1. The molecular weight excluding hydrogens is 398 g/mol. The number of ether oxygens (including phenoxy) is 1. The second-order valence-electron chi connectivity index (χ2n) is 8.46. The Morgan fingerprint density at radius 1 is 1.10 bits per heavy atom. The van der Waals surface area contributed by atoms with Crippen molar-refractivity contribution in [2.45, 2.75) is 41.8 Å². The van der Waals surface area contributed by atoms with E-state index in [1.54, 1.807) is 11.8 Å². The Morgan fingerprint density at radius 3 is 2.53 bits per heavy atom. The van der Waals surface area contributed by atoms with Gasteiger partial charge in [-0.2, -0.15) is 0 Å². The summed E-state index contributed by atoms with van der Waals surface area (Å²) in [6, 6.07) is 10.6. The van der Waals surface area contributed by atoms with Crippen molar-refractivity contribution < 1.29 is 13.9 Å². The average Bonchev–Trinajstić information content (AvgIpc) is 3.26. The van der Waals surface area contributed by atoms with E-state index in [2.05, 4.69) is 28.1 Å². The van der Waals surface area contributed by atoms with Crippen LogP contribution >= 0.6 is 11.8 Å². The molecule has 160 valence electrons. The largest absolute Gasteiger partial charge is 0.456 e. The van der Waals surface area contributed by atoms with Gasteiger partial charge in [0.15, 0.2) is 5.09 Å². The summed E-state index contributed by atoms with van der Waals surface area (Å²) in [7, 11) is 0. The van der Waals surface area contributed by atoms with Gasteiger partial charge in [0.2, 0.25) is 0 Å². The van der Waals surface area contributed by atoms with Gasteiger partial charge in [0.25, 0.3) is 5.91 Å². The number of benzene rings is 1. The van der Waals surface area contributed by atoms with E-state index in [0.717, 1.165) is 47.5 Å². The maximum atomic E-state index is 12.8. The summed E-state index contributed by atoms with van der Waals surface area (Å²) in [4.78, 5) is 18.6. The minimum absolute atomic E-state index is 0.0322. The zero-order valence-electron chi connectivity index (χ0n) is 17.4. The van der Waals surface area contributed by atoms with Crippen LogP contribution < -0.4 is 10.2 Å². The van der Waals surface area contributed by atoms with Gasteiger partial charge in [-0.1, -0.05) is 11.8 Å². The number of nitrogens with one attached hydrogen (secondary N) is 1. The van der Waals surface area contributed by atoms with Crippen LogP contribution in [-0.4, -0.2) is 62.3 Å². The lowest BCUT2D eigenvalue weighted by Gasteiger charge is -2.49. The Morgan fingerprint density at radius 2 is 1.83 bits per heavy atom. The third kappa shape index (κ3) is 4.11. The fraction of sp³-hybridized carbons (Fsp3) is 0.522. The van der Waals surface area contributed by atoms with Crippen molar-refractivity contribution in [2.75, 3.05) is 44.3 Å². The maximum Gasteiger partial charge on any atom is 0.251 e. The molecule has 1 aromatic carbocycles. The van der Waals surface area contributed by atoms with Gasteiger partial charge >= 0.3 is 0 Å². The molecular formula is C23H29N3O3S. The molecule has 4 saturated heterocycles. The number of anilines is 1. The van der Waals surface area contributed by atoms with E-state index in [4.69, 9.17) is 9.15 Å². The lowest BCUT2D eigenvalue weighted by atomic mass is 9.79. The first-order valence-electron chi connectivity index (χ1n) is 10.9. The molecule has 7 heteroatoms. The number of furan rings is 1. The molecule has 0 radical (unpaired) electrons. The van der Waals surface area contributed by atoms with Gasteiger partial charge in [-0.25, -0.2) is 0 Å². The molecule has 6 rings (SSSR count). The molecule has 6 nitrogen and oxygen atoms in total. The second-order valence-corrected chi connectivity index (χ2v) is 9.54. The molecule has 5 heterocycles. The van der Waals surface area contributed by atoms with E-state index in [1.165, 1.54) is 25.9 Å². The Kier molecular flexibility index (Phi) is 5.76. The summed E-state index contributed by atoms with van der Waals surface area (Å²) in [6.45, 7) is 7.89. The van der Waals surface area contributed by atoms with Gasteiger partial charge in [-0.05, 0) is 63.0 Å². The van der Waals surface area contributed by atoms with Crippen molar-refractivity contribution in [3.63, 3.8) is 0 Å². The predicted molar refractivity (Wildman–Crippen MR) is 117 cm³/mol. The fourth-order valence-corrected chi connectivity index (χ4v) is 5.70. The topological polar surface area (TPSA) is 58.0 Å². The minimum atomic E-state index is 0.0322. The van der Waals surface area contributed by atoms with Gasteiger partial charge in [-0.3, -0.25) is 9.69 Å². The molecule has 4 aliphatic rings. The van der Waals surface area contributed by atoms with Crippen molar-refractivity contribution in [3.8, 4) is 0 Å². The van der Waals surface area contributed by atoms with E-state index in [9.17, 15) is 4.79 Å². The third-order valence-corrected chi connectivity index (χ3v) is 7.67. The number of carbonyl (C=O) groups excluding carboxylic acids is 1. The molecule has 0 aliphatic carbocycles. The molecule has 1 aromatic heterocycles. The number of rotatable bonds is 5. The van der Waals surface area contributed by atoms with E-state index in [-0.39, 0.29) is 11.9 Å². The SMILES string of the molecule is C[C@@H]1[C@H](NC(=O)c2ccc(Sc3cc(N4CCOCC4)co3)cc2)C2CCN1CC2. The van der Waals surface area contributed by atoms with E-state index < -0.39 is 0 Å². The number of hydrogen-bond acceptors (Lipinski definition) is 6. The maximum absolute atomic E-state index is 12.8. The van der Waals surface area contributed by atoms with Crippen LogP contribution in [0.4, 0.5) is 5.69 Å². The summed E-state index contributed by atoms with van der Waals surface area (Å²) in [6.07, 6.45) is 4.20. The summed E-state index contributed by atoms with van der Waals surface area (Å²) in [5.41, 5.74) is 1.82. The molecule has 2 bridgehead atoms. The van der Waals surface area contributed by atoms with Crippen molar-refractivity contribution >= 4 is 23.4 Å². The number of piperidine rings is 3. The number of amides is 1. The lowest BCUT2D eigenvalue weighted by molar-refractivity contribution is 0.0217. The Bertz CT molecular complexity index is 868. The third-order valence-electron chi connectivity index (χ3n) is 6.75. The Balaban J connectivity index is 1.19. The Hall–Kier alpha value is -1.96. The number of fused-ring (bicyclic) bond motifs is 3. The average molecular weight is 428 g/mol. The van der Waals surface area contributed by atoms with Gasteiger partial charge in [0.05, 0.1) is 18.9 Å². The number of hydrogen-bond donors (Lipinski definition) is 1. The van der Waals surface area contributed by atoms with Crippen LogP contribution in [0.3, 0.4) is 0 Å². The molecule has 2 atom stereocenters. The molecule has 0 unspecified atom stereocenters. The van der Waals surface area contributed by atoms with E-state index in [1.807, 2.05) is 30.5 Å². The molecule has 2 aromatic rings. The molecule has 1 N–H and O–H groups in total. The lowest BCUT2D eigenvalue weighted by Crippen LogP contribution is -2.62. The highest BCUT2D eigenvalue weighted by Gasteiger charge is 2.40. The first kappa shape index (κ1) is 20.0. The van der Waals surface area contributed by atoms with Crippen LogP contribution in [0.5, 0.6) is 0 Å². The zero-order chi connectivity index (χ0) is 20.5. The van der Waals surface area contributed by atoms with Crippen LogP contribution in [0.2, 0.25) is 0 Å².